The van der Waals surface area contributed by atoms with Crippen LogP contribution in [0, 0.1) is 28.1 Å². The van der Waals surface area contributed by atoms with Crippen molar-refractivity contribution in [2.45, 2.75) is 90.1 Å². The maximum atomic E-state index is 14.9. The fourth-order valence-electron chi connectivity index (χ4n) is 9.93. The number of esters is 3. The zero-order chi connectivity index (χ0) is 29.8. The summed E-state index contributed by atoms with van der Waals surface area (Å²) in [5, 5.41) is 13.0. The lowest BCUT2D eigenvalue weighted by molar-refractivity contribution is -0.213. The van der Waals surface area contributed by atoms with Crippen LogP contribution in [0.4, 0.5) is 0 Å². The molecule has 5 aliphatic rings. The molecule has 1 aliphatic heterocycles. The van der Waals surface area contributed by atoms with Crippen molar-refractivity contribution >= 4 is 23.7 Å². The number of Topliss-reactive ketones (excluding diaryl/α,β-unsaturated/α-hetero) is 1. The van der Waals surface area contributed by atoms with E-state index in [-0.39, 0.29) is 31.8 Å². The highest BCUT2D eigenvalue weighted by Gasteiger charge is 2.89. The maximum absolute atomic E-state index is 14.9. The normalized spacial score (nSPS) is 44.3. The van der Waals surface area contributed by atoms with Crippen molar-refractivity contribution in [3.8, 4) is 0 Å². The number of carbonyl (C=O) groups excluding carboxylic acids is 4. The first-order valence-electron chi connectivity index (χ1n) is 14.4. The number of methoxy groups -OCH3 is 1. The van der Waals surface area contributed by atoms with E-state index in [0.717, 1.165) is 0 Å². The molecule has 41 heavy (non-hydrogen) atoms. The van der Waals surface area contributed by atoms with Crippen LogP contribution in [0.25, 0.3) is 0 Å². The van der Waals surface area contributed by atoms with Crippen LogP contribution in [-0.2, 0) is 38.1 Å². The molecule has 0 spiro atoms. The van der Waals surface area contributed by atoms with E-state index in [1.807, 2.05) is 20.8 Å². The topological polar surface area (TPSA) is 139 Å². The molecular formula is C31H38O10. The Hall–Kier alpha value is -2.98. The molecule has 222 valence electrons. The Morgan fingerprint density at radius 2 is 1.93 bits per heavy atom. The minimum absolute atomic E-state index is 0.0673. The van der Waals surface area contributed by atoms with Crippen molar-refractivity contribution in [2.24, 2.45) is 28.1 Å². The lowest BCUT2D eigenvalue weighted by Gasteiger charge is -2.54. The first kappa shape index (κ1) is 28.2. The molecule has 6 rings (SSSR count). The monoisotopic (exact) mass is 570 g/mol. The van der Waals surface area contributed by atoms with Crippen LogP contribution in [-0.4, -0.2) is 59.8 Å². The van der Waals surface area contributed by atoms with Gasteiger partial charge in [-0.1, -0.05) is 20.8 Å². The SMILES string of the molecule is CCOC12C(=O)C(OC(C)=O)C3(C)CC1(O)C(C)(C1CCC4(C)C(=C12)CC(=O)OC4c1ccoc1)C3CC(=O)OC. The second-order valence-electron chi connectivity index (χ2n) is 13.1. The van der Waals surface area contributed by atoms with Gasteiger partial charge in [-0.05, 0) is 55.2 Å². The smallest absolute Gasteiger partial charge is 0.310 e. The van der Waals surface area contributed by atoms with Gasteiger partial charge in [-0.2, -0.15) is 0 Å². The van der Waals surface area contributed by atoms with Crippen LogP contribution >= 0.6 is 0 Å². The third-order valence-corrected chi connectivity index (χ3v) is 11.5. The zero-order valence-electron chi connectivity index (χ0n) is 24.4. The van der Waals surface area contributed by atoms with Crippen molar-refractivity contribution in [1.82, 2.24) is 0 Å². The Kier molecular flexibility index (Phi) is 6.02. The Bertz CT molecular complexity index is 1360. The summed E-state index contributed by atoms with van der Waals surface area (Å²) >= 11 is 0. The highest BCUT2D eigenvalue weighted by atomic mass is 16.6. The molecule has 0 amide bonds. The average molecular weight is 571 g/mol. The first-order chi connectivity index (χ1) is 19.3. The second kappa shape index (κ2) is 8.77. The molecule has 0 aromatic carbocycles. The summed E-state index contributed by atoms with van der Waals surface area (Å²) < 4.78 is 28.6. The van der Waals surface area contributed by atoms with Crippen molar-refractivity contribution in [1.29, 1.82) is 0 Å². The van der Waals surface area contributed by atoms with E-state index in [1.165, 1.54) is 20.3 Å². The molecule has 0 radical (unpaired) electrons. The minimum atomic E-state index is -1.87. The Morgan fingerprint density at radius 1 is 1.20 bits per heavy atom. The van der Waals surface area contributed by atoms with Gasteiger partial charge in [0.05, 0.1) is 26.1 Å². The fourth-order valence-corrected chi connectivity index (χ4v) is 9.93. The summed E-state index contributed by atoms with van der Waals surface area (Å²) in [6, 6.07) is 1.76. The predicted molar refractivity (Wildman–Crippen MR) is 141 cm³/mol. The number of cyclic esters (lactones) is 1. The van der Waals surface area contributed by atoms with Crippen LogP contribution in [0.2, 0.25) is 0 Å². The Balaban J connectivity index is 1.68. The van der Waals surface area contributed by atoms with E-state index in [4.69, 9.17) is 23.4 Å². The molecule has 10 heteroatoms. The fraction of sp³-hybridized carbons (Fsp3) is 0.677. The standard InChI is InChI=1S/C31H38O10/c1-7-39-31-23-18(8-10-27(3)19(23)12-22(34)41-25(27)17-9-11-38-14-17)29(5)20(13-21(33)37-6)28(4,15-30(29,31)36)26(24(31)35)40-16(2)32/h9,11,14,18,20,25-26,36H,7-8,10,12-13,15H2,1-6H3. The molecule has 1 aromatic rings. The summed E-state index contributed by atoms with van der Waals surface area (Å²) in [7, 11) is 1.31. The van der Waals surface area contributed by atoms with Gasteiger partial charge >= 0.3 is 17.9 Å². The molecule has 1 saturated heterocycles. The third kappa shape index (κ3) is 3.15. The largest absolute Gasteiger partial charge is 0.472 e. The molecule has 4 fully saturated rings. The van der Waals surface area contributed by atoms with Crippen LogP contribution in [0.3, 0.4) is 0 Å². The minimum Gasteiger partial charge on any atom is -0.472 e. The van der Waals surface area contributed by atoms with Crippen LogP contribution in [0.1, 0.15) is 78.4 Å². The number of aliphatic hydroxyl groups is 1. The number of hydrogen-bond donors (Lipinski definition) is 1. The van der Waals surface area contributed by atoms with Crippen molar-refractivity contribution < 1.29 is 47.6 Å². The number of rotatable bonds is 6. The van der Waals surface area contributed by atoms with Crippen LogP contribution in [0.15, 0.2) is 34.2 Å². The quantitative estimate of drug-likeness (QED) is 0.307. The van der Waals surface area contributed by atoms with Crippen molar-refractivity contribution in [3.05, 3.63) is 35.3 Å². The van der Waals surface area contributed by atoms with Crippen LogP contribution in [0.5, 0.6) is 0 Å². The molecule has 9 atom stereocenters. The molecule has 9 unspecified atom stereocenters. The summed E-state index contributed by atoms with van der Waals surface area (Å²) in [4.78, 5) is 53.4. The van der Waals surface area contributed by atoms with E-state index in [9.17, 15) is 24.3 Å². The molecule has 2 heterocycles. The van der Waals surface area contributed by atoms with E-state index >= 15 is 0 Å². The maximum Gasteiger partial charge on any atom is 0.310 e. The van der Waals surface area contributed by atoms with Gasteiger partial charge < -0.3 is 28.5 Å². The van der Waals surface area contributed by atoms with Gasteiger partial charge in [0.15, 0.2) is 11.7 Å². The third-order valence-electron chi connectivity index (χ3n) is 11.5. The average Bonchev–Trinajstić information content (AvgIpc) is 3.54. The number of ketones is 1. The lowest BCUT2D eigenvalue weighted by Crippen LogP contribution is -2.69. The van der Waals surface area contributed by atoms with Gasteiger partial charge in [0.1, 0.15) is 11.7 Å². The van der Waals surface area contributed by atoms with E-state index in [0.29, 0.717) is 29.6 Å². The van der Waals surface area contributed by atoms with Gasteiger partial charge in [0.25, 0.3) is 0 Å². The van der Waals surface area contributed by atoms with E-state index in [1.54, 1.807) is 19.3 Å². The van der Waals surface area contributed by atoms with Gasteiger partial charge in [0.2, 0.25) is 5.78 Å². The highest BCUT2D eigenvalue weighted by Crippen LogP contribution is 2.81. The lowest BCUT2D eigenvalue weighted by atomic mass is 9.53. The first-order valence-corrected chi connectivity index (χ1v) is 14.4. The summed E-state index contributed by atoms with van der Waals surface area (Å²) in [6.07, 6.45) is 2.25. The zero-order valence-corrected chi connectivity index (χ0v) is 24.4. The van der Waals surface area contributed by atoms with Crippen molar-refractivity contribution in [2.75, 3.05) is 13.7 Å². The van der Waals surface area contributed by atoms with Gasteiger partial charge in [-0.25, -0.2) is 0 Å². The van der Waals surface area contributed by atoms with Crippen molar-refractivity contribution in [3.63, 3.8) is 0 Å². The van der Waals surface area contributed by atoms with Gasteiger partial charge in [-0.15, -0.1) is 0 Å². The molecule has 10 nitrogen and oxygen atoms in total. The van der Waals surface area contributed by atoms with E-state index < -0.39 is 69.3 Å². The number of fused-ring (bicyclic) bond motifs is 5. The molecule has 2 bridgehead atoms. The molecule has 3 saturated carbocycles. The number of ether oxygens (including phenoxy) is 4. The van der Waals surface area contributed by atoms with Gasteiger partial charge in [-0.3, -0.25) is 19.2 Å². The second-order valence-corrected chi connectivity index (χ2v) is 13.1. The molecule has 1 aromatic heterocycles. The van der Waals surface area contributed by atoms with Gasteiger partial charge in [0, 0.05) is 41.8 Å². The molecule has 4 aliphatic carbocycles. The number of furan rings is 1. The summed E-state index contributed by atoms with van der Waals surface area (Å²) in [5.41, 5.74) is -4.41. The predicted octanol–water partition coefficient (Wildman–Crippen LogP) is 3.61. The van der Waals surface area contributed by atoms with E-state index in [2.05, 4.69) is 0 Å². The van der Waals surface area contributed by atoms with Crippen LogP contribution < -0.4 is 0 Å². The molecular weight excluding hydrogens is 532 g/mol. The number of hydrogen-bond acceptors (Lipinski definition) is 10. The Labute approximate surface area is 238 Å². The summed E-state index contributed by atoms with van der Waals surface area (Å²) in [6.45, 7) is 8.84. The Morgan fingerprint density at radius 3 is 2.54 bits per heavy atom. The molecule has 1 N–H and O–H groups in total. The number of carbonyl (C=O) groups is 4. The summed E-state index contributed by atoms with van der Waals surface area (Å²) in [5.74, 6) is -3.08. The highest BCUT2D eigenvalue weighted by molar-refractivity contribution is 6.01.